The third-order valence-electron chi connectivity index (χ3n) is 2.51. The Morgan fingerprint density at radius 3 is 2.94 bits per heavy atom. The monoisotopic (exact) mass is 271 g/mol. The van der Waals surface area contributed by atoms with Gasteiger partial charge in [0.05, 0.1) is 6.54 Å². The molecule has 0 aromatic carbocycles. The average molecular weight is 271 g/mol. The Labute approximate surface area is 107 Å². The van der Waals surface area contributed by atoms with Crippen LogP contribution in [0.3, 0.4) is 0 Å². The molecule has 2 unspecified atom stereocenters. The van der Waals surface area contributed by atoms with Gasteiger partial charge in [0.25, 0.3) is 6.23 Å². The molecule has 1 aliphatic rings. The Bertz CT molecular complexity index is 486. The number of hydrogen-bond acceptors (Lipinski definition) is 7. The van der Waals surface area contributed by atoms with E-state index in [4.69, 9.17) is 11.5 Å². The van der Waals surface area contributed by atoms with Crippen LogP contribution < -0.4 is 11.5 Å². The molecule has 0 radical (unpaired) electrons. The molecule has 2 rings (SSSR count). The summed E-state index contributed by atoms with van der Waals surface area (Å²) in [5, 5.41) is 34.8. The molecule has 1 aliphatic heterocycles. The van der Waals surface area contributed by atoms with Gasteiger partial charge >= 0.3 is 5.84 Å². The van der Waals surface area contributed by atoms with Gasteiger partial charge in [0.15, 0.2) is 5.84 Å². The van der Waals surface area contributed by atoms with Crippen molar-refractivity contribution in [1.82, 2.24) is 5.06 Å². The lowest BCUT2D eigenvalue weighted by Crippen LogP contribution is -2.63. The van der Waals surface area contributed by atoms with Crippen LogP contribution in [0, 0.1) is 5.21 Å². The largest absolute Gasteiger partial charge is 0.714 e. The van der Waals surface area contributed by atoms with Crippen molar-refractivity contribution < 1.29 is 15.1 Å². The molecule has 98 valence electrons. The SMILES string of the molecule is NC1=[N+]([O-])C(N)C(=NCc2ccsc2)N(O)C1O. The van der Waals surface area contributed by atoms with Crippen LogP contribution in [0.1, 0.15) is 5.56 Å². The summed E-state index contributed by atoms with van der Waals surface area (Å²) in [7, 11) is 0. The van der Waals surface area contributed by atoms with Crippen LogP contribution in [0.25, 0.3) is 0 Å². The summed E-state index contributed by atoms with van der Waals surface area (Å²) in [4.78, 5) is 4.03. The Balaban J connectivity index is 2.25. The molecule has 0 saturated heterocycles. The minimum Gasteiger partial charge on any atom is -0.714 e. The zero-order valence-electron chi connectivity index (χ0n) is 9.30. The number of aliphatic hydroxyl groups excluding tert-OH is 1. The van der Waals surface area contributed by atoms with E-state index in [9.17, 15) is 15.5 Å². The zero-order valence-corrected chi connectivity index (χ0v) is 10.1. The lowest BCUT2D eigenvalue weighted by molar-refractivity contribution is -0.495. The minimum absolute atomic E-state index is 0.127. The summed E-state index contributed by atoms with van der Waals surface area (Å²) in [6, 6.07) is 1.86. The van der Waals surface area contributed by atoms with E-state index in [0.717, 1.165) is 5.56 Å². The van der Waals surface area contributed by atoms with Crippen molar-refractivity contribution in [2.45, 2.75) is 18.9 Å². The fraction of sp³-hybridized carbons (Fsp3) is 0.333. The van der Waals surface area contributed by atoms with Crippen molar-refractivity contribution in [2.75, 3.05) is 0 Å². The molecule has 6 N–H and O–H groups in total. The molecule has 0 saturated carbocycles. The Morgan fingerprint density at radius 1 is 1.61 bits per heavy atom. The maximum Gasteiger partial charge on any atom is 0.300 e. The minimum atomic E-state index is -1.64. The molecule has 0 aliphatic carbocycles. The van der Waals surface area contributed by atoms with Crippen LogP contribution in [0.5, 0.6) is 0 Å². The van der Waals surface area contributed by atoms with E-state index < -0.39 is 18.2 Å². The van der Waals surface area contributed by atoms with Crippen LogP contribution in [-0.2, 0) is 6.54 Å². The van der Waals surface area contributed by atoms with Gasteiger partial charge in [-0.15, -0.1) is 0 Å². The van der Waals surface area contributed by atoms with E-state index in [1.807, 2.05) is 16.8 Å². The van der Waals surface area contributed by atoms with Gasteiger partial charge < -0.3 is 10.3 Å². The fourth-order valence-corrected chi connectivity index (χ4v) is 2.15. The molecule has 0 amide bonds. The Morgan fingerprint density at radius 2 is 2.33 bits per heavy atom. The van der Waals surface area contributed by atoms with E-state index in [2.05, 4.69) is 4.99 Å². The molecule has 8 nitrogen and oxygen atoms in total. The third kappa shape index (κ3) is 2.16. The number of aliphatic hydroxyl groups is 1. The zero-order chi connectivity index (χ0) is 13.3. The standard InChI is InChI=1S/C9H13N5O3S/c10-6-8(12-3-5-1-2-18-4-5)14(17)9(15)7(11)13(6)16/h1-2,4,6,9,15,17H,3,10-11H2. The summed E-state index contributed by atoms with van der Waals surface area (Å²) >= 11 is 1.51. The van der Waals surface area contributed by atoms with Crippen LogP contribution in [0.15, 0.2) is 21.8 Å². The summed E-state index contributed by atoms with van der Waals surface area (Å²) in [6.45, 7) is 0.254. The Hall–Kier alpha value is -1.68. The lowest BCUT2D eigenvalue weighted by Gasteiger charge is -2.33. The molecule has 1 aromatic heterocycles. The first-order valence-corrected chi connectivity index (χ1v) is 6.02. The van der Waals surface area contributed by atoms with E-state index >= 15 is 0 Å². The van der Waals surface area contributed by atoms with Gasteiger partial charge in [-0.3, -0.25) is 21.7 Å². The quantitative estimate of drug-likeness (QED) is 0.395. The van der Waals surface area contributed by atoms with E-state index in [0.29, 0.717) is 5.06 Å². The number of nitrogens with zero attached hydrogens (tertiary/aromatic N) is 3. The number of rotatable bonds is 2. The van der Waals surface area contributed by atoms with Gasteiger partial charge in [0.2, 0.25) is 6.17 Å². The molecule has 0 fully saturated rings. The summed E-state index contributed by atoms with van der Waals surface area (Å²) in [5.74, 6) is -0.600. The van der Waals surface area contributed by atoms with E-state index in [-0.39, 0.29) is 17.1 Å². The second-order valence-electron chi connectivity index (χ2n) is 3.72. The number of aliphatic imine (C=N–C) groups is 1. The van der Waals surface area contributed by atoms with Gasteiger partial charge in [-0.25, -0.2) is 4.74 Å². The van der Waals surface area contributed by atoms with Crippen molar-refractivity contribution in [1.29, 1.82) is 0 Å². The normalized spacial score (nSPS) is 27.1. The predicted molar refractivity (Wildman–Crippen MR) is 65.9 cm³/mol. The number of nitrogens with two attached hydrogens (primary N) is 2. The van der Waals surface area contributed by atoms with Gasteiger partial charge in [-0.05, 0) is 22.4 Å². The molecule has 9 heteroatoms. The average Bonchev–Trinajstić information content (AvgIpc) is 2.87. The summed E-state index contributed by atoms with van der Waals surface area (Å²) in [5.41, 5.74) is 11.8. The van der Waals surface area contributed by atoms with Gasteiger partial charge in [0.1, 0.15) is 0 Å². The molecule has 18 heavy (non-hydrogen) atoms. The maximum absolute atomic E-state index is 11.5. The number of thiophene rings is 1. The van der Waals surface area contributed by atoms with Crippen molar-refractivity contribution in [3.63, 3.8) is 0 Å². The predicted octanol–water partition coefficient (Wildman–Crippen LogP) is -1.18. The van der Waals surface area contributed by atoms with Gasteiger partial charge in [-0.2, -0.15) is 16.4 Å². The number of hydrogen-bond donors (Lipinski definition) is 4. The summed E-state index contributed by atoms with van der Waals surface area (Å²) < 4.78 is 0.226. The first-order chi connectivity index (χ1) is 8.52. The second-order valence-corrected chi connectivity index (χ2v) is 4.50. The molecular weight excluding hydrogens is 258 g/mol. The maximum atomic E-state index is 11.5. The van der Waals surface area contributed by atoms with Crippen molar-refractivity contribution >= 4 is 23.0 Å². The van der Waals surface area contributed by atoms with Crippen LogP contribution in [0.4, 0.5) is 0 Å². The van der Waals surface area contributed by atoms with Crippen molar-refractivity contribution in [3.05, 3.63) is 27.6 Å². The molecule has 1 aromatic rings. The molecule has 0 bridgehead atoms. The van der Waals surface area contributed by atoms with Gasteiger partial charge in [0, 0.05) is 0 Å². The topological polar surface area (TPSA) is 134 Å². The summed E-state index contributed by atoms with van der Waals surface area (Å²) in [6.07, 6.45) is -2.87. The highest BCUT2D eigenvalue weighted by Gasteiger charge is 2.37. The van der Waals surface area contributed by atoms with Crippen molar-refractivity contribution in [2.24, 2.45) is 16.5 Å². The molecular formula is C9H13N5O3S. The highest BCUT2D eigenvalue weighted by Crippen LogP contribution is 2.11. The highest BCUT2D eigenvalue weighted by atomic mass is 32.1. The van der Waals surface area contributed by atoms with E-state index in [1.54, 1.807) is 0 Å². The lowest BCUT2D eigenvalue weighted by atomic mass is 10.3. The second kappa shape index (κ2) is 4.90. The first kappa shape index (κ1) is 12.8. The van der Waals surface area contributed by atoms with Crippen LogP contribution in [-0.4, -0.2) is 44.2 Å². The third-order valence-corrected chi connectivity index (χ3v) is 3.24. The van der Waals surface area contributed by atoms with E-state index in [1.165, 1.54) is 11.3 Å². The molecule has 0 spiro atoms. The van der Waals surface area contributed by atoms with Crippen LogP contribution in [0.2, 0.25) is 0 Å². The van der Waals surface area contributed by atoms with Gasteiger partial charge in [-0.1, -0.05) is 0 Å². The fourth-order valence-electron chi connectivity index (χ4n) is 1.49. The highest BCUT2D eigenvalue weighted by molar-refractivity contribution is 7.07. The number of hydroxylamine groups is 3. The van der Waals surface area contributed by atoms with Crippen molar-refractivity contribution in [3.8, 4) is 0 Å². The van der Waals surface area contributed by atoms with Crippen LogP contribution >= 0.6 is 11.3 Å². The number of amidine groups is 2. The molecule has 2 atom stereocenters. The molecule has 2 heterocycles. The first-order valence-electron chi connectivity index (χ1n) is 5.08. The Kier molecular flexibility index (Phi) is 3.48. The smallest absolute Gasteiger partial charge is 0.300 e.